The second-order valence-corrected chi connectivity index (χ2v) is 7.70. The van der Waals surface area contributed by atoms with Gasteiger partial charge in [-0.3, -0.25) is 4.90 Å². The Labute approximate surface area is 143 Å². The number of nitrogens with zero attached hydrogens (tertiary/aromatic N) is 2. The molecule has 0 saturated carbocycles. The van der Waals surface area contributed by atoms with Gasteiger partial charge in [0.05, 0.1) is 17.7 Å². The number of rotatable bonds is 2. The number of ether oxygens (including phenoxy) is 1. The van der Waals surface area contributed by atoms with Crippen molar-refractivity contribution in [1.29, 1.82) is 5.26 Å². The molecule has 2 atom stereocenters. The predicted octanol–water partition coefficient (Wildman–Crippen LogP) is 4.20. The van der Waals surface area contributed by atoms with Crippen LogP contribution in [-0.4, -0.2) is 28.7 Å². The highest BCUT2D eigenvalue weighted by atomic mass is 16.6. The zero-order chi connectivity index (χ0) is 17.3. The van der Waals surface area contributed by atoms with Crippen molar-refractivity contribution in [3.63, 3.8) is 0 Å². The zero-order valence-electron chi connectivity index (χ0n) is 14.6. The summed E-state index contributed by atoms with van der Waals surface area (Å²) < 4.78 is 5.56. The van der Waals surface area contributed by atoms with E-state index in [0.29, 0.717) is 5.56 Å². The molecule has 0 N–H and O–H groups in total. The minimum Gasteiger partial charge on any atom is -0.444 e. The third kappa shape index (κ3) is 3.62. The lowest BCUT2D eigenvalue weighted by molar-refractivity contribution is 0.0166. The Kier molecular flexibility index (Phi) is 4.36. The molecule has 24 heavy (non-hydrogen) atoms. The highest BCUT2D eigenvalue weighted by Gasteiger charge is 2.41. The van der Waals surface area contributed by atoms with Crippen LogP contribution in [0.25, 0.3) is 0 Å². The number of carbonyl (C=O) groups excluding carboxylic acids is 1. The fraction of sp³-hybridized carbons (Fsp3) is 0.500. The van der Waals surface area contributed by atoms with Gasteiger partial charge in [0.1, 0.15) is 5.60 Å². The summed E-state index contributed by atoms with van der Waals surface area (Å²) in [5, 5.41) is 9.03. The van der Waals surface area contributed by atoms with Crippen LogP contribution >= 0.6 is 0 Å². The summed E-state index contributed by atoms with van der Waals surface area (Å²) in [5.74, 6) is 0. The third-order valence-corrected chi connectivity index (χ3v) is 4.56. The second-order valence-electron chi connectivity index (χ2n) is 7.70. The van der Waals surface area contributed by atoms with Gasteiger partial charge in [0.25, 0.3) is 0 Å². The van der Waals surface area contributed by atoms with Crippen molar-refractivity contribution in [1.82, 2.24) is 4.90 Å². The number of nitriles is 1. The Morgan fingerprint density at radius 3 is 2.83 bits per heavy atom. The van der Waals surface area contributed by atoms with Crippen LogP contribution in [0.3, 0.4) is 0 Å². The molecule has 1 amide bonds. The standard InChI is InChI=1S/C20H24N2O2/c1-20(2,3)24-19(23)22-17-7-8-18(22)12-16(11-17)10-14-5-4-6-15(9-14)13-21/h4-6,9,11,17-18H,7-8,10,12H2,1-3H3. The first-order valence-electron chi connectivity index (χ1n) is 8.55. The Morgan fingerprint density at radius 2 is 2.17 bits per heavy atom. The second kappa shape index (κ2) is 6.32. The number of amides is 1. The maximum Gasteiger partial charge on any atom is 0.411 e. The fourth-order valence-electron chi connectivity index (χ4n) is 3.66. The predicted molar refractivity (Wildman–Crippen MR) is 92.4 cm³/mol. The highest BCUT2D eigenvalue weighted by Crippen LogP contribution is 2.36. The summed E-state index contributed by atoms with van der Waals surface area (Å²) >= 11 is 0. The first-order valence-corrected chi connectivity index (χ1v) is 8.55. The molecule has 2 unspecified atom stereocenters. The van der Waals surface area contributed by atoms with Crippen LogP contribution in [0.2, 0.25) is 0 Å². The molecule has 2 aliphatic heterocycles. The van der Waals surface area contributed by atoms with E-state index in [2.05, 4.69) is 18.2 Å². The van der Waals surface area contributed by atoms with E-state index in [1.54, 1.807) is 0 Å². The van der Waals surface area contributed by atoms with E-state index in [-0.39, 0.29) is 18.2 Å². The van der Waals surface area contributed by atoms with E-state index in [9.17, 15) is 4.79 Å². The van der Waals surface area contributed by atoms with E-state index < -0.39 is 5.60 Å². The quantitative estimate of drug-likeness (QED) is 0.766. The molecule has 0 aliphatic carbocycles. The first kappa shape index (κ1) is 16.6. The average molecular weight is 324 g/mol. The van der Waals surface area contributed by atoms with E-state index in [4.69, 9.17) is 10.00 Å². The Morgan fingerprint density at radius 1 is 1.38 bits per heavy atom. The monoisotopic (exact) mass is 324 g/mol. The maximum atomic E-state index is 12.5. The largest absolute Gasteiger partial charge is 0.444 e. The Bertz CT molecular complexity index is 709. The third-order valence-electron chi connectivity index (χ3n) is 4.56. The van der Waals surface area contributed by atoms with Gasteiger partial charge in [0.15, 0.2) is 0 Å². The number of benzene rings is 1. The fourth-order valence-corrected chi connectivity index (χ4v) is 3.66. The van der Waals surface area contributed by atoms with Crippen molar-refractivity contribution in [2.24, 2.45) is 0 Å². The molecule has 126 valence electrons. The first-order chi connectivity index (χ1) is 11.4. The smallest absolute Gasteiger partial charge is 0.411 e. The highest BCUT2D eigenvalue weighted by molar-refractivity contribution is 5.70. The summed E-state index contributed by atoms with van der Waals surface area (Å²) in [5.41, 5.74) is 2.75. The Hall–Kier alpha value is -2.28. The van der Waals surface area contributed by atoms with E-state index in [1.165, 1.54) is 5.57 Å². The molecule has 4 heteroatoms. The molecular weight excluding hydrogens is 300 g/mol. The van der Waals surface area contributed by atoms with Crippen molar-refractivity contribution < 1.29 is 9.53 Å². The number of fused-ring (bicyclic) bond motifs is 2. The van der Waals surface area contributed by atoms with Crippen LogP contribution in [0, 0.1) is 11.3 Å². The van der Waals surface area contributed by atoms with Gasteiger partial charge >= 0.3 is 6.09 Å². The van der Waals surface area contributed by atoms with E-state index in [1.807, 2.05) is 43.9 Å². The normalized spacial score (nSPS) is 22.8. The molecule has 1 aromatic rings. The topological polar surface area (TPSA) is 53.3 Å². The molecule has 1 fully saturated rings. The van der Waals surface area contributed by atoms with Gasteiger partial charge in [-0.1, -0.05) is 23.8 Å². The summed E-state index contributed by atoms with van der Waals surface area (Å²) in [6.07, 6.45) is 5.81. The molecular formula is C20H24N2O2. The lowest BCUT2D eigenvalue weighted by atomic mass is 9.95. The summed E-state index contributed by atoms with van der Waals surface area (Å²) in [6, 6.07) is 10.3. The molecule has 3 rings (SSSR count). The molecule has 1 saturated heterocycles. The minimum atomic E-state index is -0.460. The van der Waals surface area contributed by atoms with E-state index >= 15 is 0 Å². The number of carbonyl (C=O) groups is 1. The van der Waals surface area contributed by atoms with Gasteiger partial charge < -0.3 is 4.74 Å². The maximum absolute atomic E-state index is 12.5. The average Bonchev–Trinajstić information content (AvgIpc) is 2.77. The van der Waals surface area contributed by atoms with Crippen LogP contribution < -0.4 is 0 Å². The summed E-state index contributed by atoms with van der Waals surface area (Å²) in [6.45, 7) is 5.71. The van der Waals surface area contributed by atoms with Crippen molar-refractivity contribution >= 4 is 6.09 Å². The molecule has 2 bridgehead atoms. The number of hydrogen-bond acceptors (Lipinski definition) is 3. The van der Waals surface area contributed by atoms with Crippen LogP contribution in [0.4, 0.5) is 4.79 Å². The molecule has 1 aromatic carbocycles. The van der Waals surface area contributed by atoms with Crippen LogP contribution in [0.15, 0.2) is 35.9 Å². The van der Waals surface area contributed by atoms with Gasteiger partial charge in [-0.25, -0.2) is 4.79 Å². The molecule has 4 nitrogen and oxygen atoms in total. The van der Waals surface area contributed by atoms with Crippen LogP contribution in [-0.2, 0) is 11.2 Å². The van der Waals surface area contributed by atoms with E-state index in [0.717, 1.165) is 31.2 Å². The van der Waals surface area contributed by atoms with Crippen molar-refractivity contribution in [2.75, 3.05) is 0 Å². The molecule has 2 aliphatic rings. The molecule has 0 radical (unpaired) electrons. The lowest BCUT2D eigenvalue weighted by Gasteiger charge is -2.35. The zero-order valence-corrected chi connectivity index (χ0v) is 14.6. The SMILES string of the molecule is CC(C)(C)OC(=O)N1C2C=C(Cc3cccc(C#N)c3)CC1CC2. The summed E-state index contributed by atoms with van der Waals surface area (Å²) in [4.78, 5) is 14.4. The van der Waals surface area contributed by atoms with Crippen molar-refractivity contribution in [3.05, 3.63) is 47.0 Å². The Balaban J connectivity index is 1.72. The van der Waals surface area contributed by atoms with Crippen molar-refractivity contribution in [3.8, 4) is 6.07 Å². The number of hydrogen-bond donors (Lipinski definition) is 0. The van der Waals surface area contributed by atoms with Gasteiger partial charge in [0.2, 0.25) is 0 Å². The van der Waals surface area contributed by atoms with Crippen LogP contribution in [0.1, 0.15) is 51.2 Å². The molecule has 0 spiro atoms. The van der Waals surface area contributed by atoms with Gasteiger partial charge in [-0.15, -0.1) is 0 Å². The molecule has 2 heterocycles. The molecule has 0 aromatic heterocycles. The van der Waals surface area contributed by atoms with Crippen LogP contribution in [0.5, 0.6) is 0 Å². The van der Waals surface area contributed by atoms with Crippen molar-refractivity contribution in [2.45, 2.75) is 64.1 Å². The van der Waals surface area contributed by atoms with Gasteiger partial charge in [0, 0.05) is 6.04 Å². The summed E-state index contributed by atoms with van der Waals surface area (Å²) in [7, 11) is 0. The van der Waals surface area contributed by atoms with Gasteiger partial charge in [-0.05, 0) is 64.2 Å². The minimum absolute atomic E-state index is 0.146. The lowest BCUT2D eigenvalue weighted by Crippen LogP contribution is -2.45. The van der Waals surface area contributed by atoms with Gasteiger partial charge in [-0.2, -0.15) is 5.26 Å².